The van der Waals surface area contributed by atoms with E-state index in [-0.39, 0.29) is 16.8 Å². The molecular weight excluding hydrogens is 428 g/mol. The fraction of sp³-hybridized carbons (Fsp3) is 0.182. The first-order valence-electron chi connectivity index (χ1n) is 10.2. The highest BCUT2D eigenvalue weighted by Crippen LogP contribution is 2.26. The molecule has 1 atom stereocenters. The molecule has 0 radical (unpaired) electrons. The van der Waals surface area contributed by atoms with Gasteiger partial charge in [-0.3, -0.25) is 14.5 Å². The first kappa shape index (κ1) is 20.3. The molecule has 0 saturated carbocycles. The molecule has 3 heterocycles. The van der Waals surface area contributed by atoms with Crippen LogP contribution >= 0.6 is 0 Å². The molecule has 0 aliphatic carbocycles. The Hall–Kier alpha value is -3.63. The molecule has 2 aromatic carbocycles. The Balaban J connectivity index is 1.19. The molecule has 1 amide bonds. The summed E-state index contributed by atoms with van der Waals surface area (Å²) in [5.74, 6) is -0.112. The standard InChI is InChI=1S/C22H22N6O3S/c29-22(21-9-16-12-23-8-7-19(16)26-21)24-11-14-1-5-18(6-2-14)32(30,31)28-17-4-3-15-13-25-27-20(15)10-17/h1-8,10,12,21,25-28H,9,11,13H2,(H,24,29). The number of fused-ring (bicyclic) bond motifs is 2. The van der Waals surface area contributed by atoms with Crippen LogP contribution in [0, 0.1) is 0 Å². The van der Waals surface area contributed by atoms with Gasteiger partial charge in [-0.05, 0) is 47.0 Å². The van der Waals surface area contributed by atoms with Crippen LogP contribution in [0.3, 0.4) is 0 Å². The Morgan fingerprint density at radius 2 is 1.91 bits per heavy atom. The van der Waals surface area contributed by atoms with E-state index in [1.165, 1.54) is 12.1 Å². The predicted molar refractivity (Wildman–Crippen MR) is 121 cm³/mol. The monoisotopic (exact) mass is 450 g/mol. The van der Waals surface area contributed by atoms with Gasteiger partial charge in [-0.2, -0.15) is 0 Å². The molecule has 0 fully saturated rings. The van der Waals surface area contributed by atoms with Gasteiger partial charge < -0.3 is 16.1 Å². The quantitative estimate of drug-likeness (QED) is 0.389. The van der Waals surface area contributed by atoms with Crippen LogP contribution in [0.25, 0.3) is 0 Å². The van der Waals surface area contributed by atoms with E-state index < -0.39 is 10.0 Å². The highest BCUT2D eigenvalue weighted by atomic mass is 32.2. The number of nitrogens with one attached hydrogen (secondary N) is 5. The second-order valence-electron chi connectivity index (χ2n) is 7.75. The van der Waals surface area contributed by atoms with E-state index in [0.717, 1.165) is 28.1 Å². The molecule has 0 saturated heterocycles. The van der Waals surface area contributed by atoms with Gasteiger partial charge in [-0.25, -0.2) is 13.8 Å². The topological polar surface area (TPSA) is 124 Å². The van der Waals surface area contributed by atoms with Crippen molar-refractivity contribution in [3.05, 3.63) is 77.6 Å². The SMILES string of the molecule is O=C(NCc1ccc(S(=O)(=O)Nc2ccc3c(c2)NNC3)cc1)C1Cc2cnccc2N1. The Morgan fingerprint density at radius 3 is 2.72 bits per heavy atom. The maximum Gasteiger partial charge on any atom is 0.261 e. The van der Waals surface area contributed by atoms with E-state index in [9.17, 15) is 13.2 Å². The summed E-state index contributed by atoms with van der Waals surface area (Å²) in [6.07, 6.45) is 4.04. The van der Waals surface area contributed by atoms with E-state index in [4.69, 9.17) is 0 Å². The zero-order valence-electron chi connectivity index (χ0n) is 17.1. The van der Waals surface area contributed by atoms with Crippen molar-refractivity contribution in [1.82, 2.24) is 15.7 Å². The first-order valence-corrected chi connectivity index (χ1v) is 11.7. The van der Waals surface area contributed by atoms with Gasteiger partial charge in [0.2, 0.25) is 5.91 Å². The largest absolute Gasteiger partial charge is 0.373 e. The smallest absolute Gasteiger partial charge is 0.261 e. The first-order chi connectivity index (χ1) is 15.5. The molecule has 1 unspecified atom stereocenters. The molecule has 1 aromatic heterocycles. The number of hydrazine groups is 1. The van der Waals surface area contributed by atoms with E-state index in [1.54, 1.807) is 36.7 Å². The lowest BCUT2D eigenvalue weighted by molar-refractivity contribution is -0.121. The summed E-state index contributed by atoms with van der Waals surface area (Å²) >= 11 is 0. The minimum Gasteiger partial charge on any atom is -0.373 e. The Bertz CT molecular complexity index is 1250. The Kier molecular flexibility index (Phi) is 5.16. The highest BCUT2D eigenvalue weighted by molar-refractivity contribution is 7.92. The minimum atomic E-state index is -3.72. The summed E-state index contributed by atoms with van der Waals surface area (Å²) < 4.78 is 28.1. The molecule has 5 N–H and O–H groups in total. The molecule has 0 bridgehead atoms. The number of hydrogen-bond acceptors (Lipinski definition) is 7. The fourth-order valence-corrected chi connectivity index (χ4v) is 4.86. The van der Waals surface area contributed by atoms with Gasteiger partial charge in [-0.1, -0.05) is 18.2 Å². The van der Waals surface area contributed by atoms with Crippen molar-refractivity contribution in [1.29, 1.82) is 0 Å². The van der Waals surface area contributed by atoms with E-state index in [2.05, 4.69) is 31.2 Å². The molecule has 2 aliphatic rings. The summed E-state index contributed by atoms with van der Waals surface area (Å²) in [7, 11) is -3.72. The number of pyridine rings is 1. The van der Waals surface area contributed by atoms with Crippen LogP contribution in [0.15, 0.2) is 65.8 Å². The van der Waals surface area contributed by atoms with Crippen molar-refractivity contribution in [2.45, 2.75) is 30.4 Å². The molecule has 0 spiro atoms. The third-order valence-electron chi connectivity index (χ3n) is 5.54. The van der Waals surface area contributed by atoms with E-state index in [1.807, 2.05) is 12.1 Å². The molecular formula is C22H22N6O3S. The van der Waals surface area contributed by atoms with Crippen LogP contribution in [-0.2, 0) is 34.3 Å². The lowest BCUT2D eigenvalue weighted by atomic mass is 10.1. The normalized spacial score (nSPS) is 16.4. The van der Waals surface area contributed by atoms with Crippen molar-refractivity contribution in [2.24, 2.45) is 0 Å². The van der Waals surface area contributed by atoms with Crippen LogP contribution < -0.4 is 26.2 Å². The average molecular weight is 451 g/mol. The van der Waals surface area contributed by atoms with Crippen LogP contribution in [0.2, 0.25) is 0 Å². The number of benzene rings is 2. The number of anilines is 3. The van der Waals surface area contributed by atoms with Crippen molar-refractivity contribution in [2.75, 3.05) is 15.5 Å². The van der Waals surface area contributed by atoms with Crippen molar-refractivity contribution >= 4 is 33.0 Å². The molecule has 2 aliphatic heterocycles. The van der Waals surface area contributed by atoms with Gasteiger partial charge >= 0.3 is 0 Å². The molecule has 10 heteroatoms. The number of amides is 1. The number of rotatable bonds is 6. The summed E-state index contributed by atoms with van der Waals surface area (Å²) in [4.78, 5) is 16.7. The highest BCUT2D eigenvalue weighted by Gasteiger charge is 2.26. The zero-order valence-corrected chi connectivity index (χ0v) is 17.9. The van der Waals surface area contributed by atoms with Crippen LogP contribution in [0.4, 0.5) is 17.1 Å². The van der Waals surface area contributed by atoms with Gasteiger partial charge in [0.05, 0.1) is 16.3 Å². The lowest BCUT2D eigenvalue weighted by Gasteiger charge is -2.13. The third kappa shape index (κ3) is 4.10. The van der Waals surface area contributed by atoms with Crippen LogP contribution in [-0.4, -0.2) is 25.4 Å². The predicted octanol–water partition coefficient (Wildman–Crippen LogP) is 1.97. The van der Waals surface area contributed by atoms with Crippen LogP contribution in [0.1, 0.15) is 16.7 Å². The Morgan fingerprint density at radius 1 is 1.06 bits per heavy atom. The fourth-order valence-electron chi connectivity index (χ4n) is 3.81. The summed E-state index contributed by atoms with van der Waals surface area (Å²) in [6.45, 7) is 1.00. The zero-order chi connectivity index (χ0) is 22.1. The molecule has 164 valence electrons. The number of hydrogen-bond donors (Lipinski definition) is 5. The van der Waals surface area contributed by atoms with Gasteiger partial charge in [0.1, 0.15) is 6.04 Å². The number of nitrogens with zero attached hydrogens (tertiary/aromatic N) is 1. The van der Waals surface area contributed by atoms with Gasteiger partial charge in [-0.15, -0.1) is 0 Å². The number of aromatic nitrogens is 1. The number of sulfonamides is 1. The van der Waals surface area contributed by atoms with Crippen molar-refractivity contribution in [3.63, 3.8) is 0 Å². The number of carbonyl (C=O) groups is 1. The lowest BCUT2D eigenvalue weighted by Crippen LogP contribution is -2.38. The van der Waals surface area contributed by atoms with E-state index >= 15 is 0 Å². The average Bonchev–Trinajstić information content (AvgIpc) is 3.44. The second-order valence-corrected chi connectivity index (χ2v) is 9.43. The maximum absolute atomic E-state index is 12.7. The Labute approximate surface area is 185 Å². The maximum atomic E-state index is 12.7. The second kappa shape index (κ2) is 8.13. The van der Waals surface area contributed by atoms with Crippen molar-refractivity contribution in [3.8, 4) is 0 Å². The van der Waals surface area contributed by atoms with Gasteiger partial charge in [0, 0.05) is 37.6 Å². The molecule has 3 aromatic rings. The number of carbonyl (C=O) groups excluding carboxylic acids is 1. The van der Waals surface area contributed by atoms with Crippen molar-refractivity contribution < 1.29 is 13.2 Å². The summed E-state index contributed by atoms with van der Waals surface area (Å²) in [6, 6.07) is 13.3. The third-order valence-corrected chi connectivity index (χ3v) is 6.94. The minimum absolute atomic E-state index is 0.112. The van der Waals surface area contributed by atoms with Crippen LogP contribution in [0.5, 0.6) is 0 Å². The summed E-state index contributed by atoms with van der Waals surface area (Å²) in [5, 5.41) is 6.09. The molecule has 32 heavy (non-hydrogen) atoms. The molecule has 9 nitrogen and oxygen atoms in total. The van der Waals surface area contributed by atoms with Gasteiger partial charge in [0.15, 0.2) is 0 Å². The van der Waals surface area contributed by atoms with E-state index in [0.29, 0.717) is 25.2 Å². The molecule has 5 rings (SSSR count). The van der Waals surface area contributed by atoms with Gasteiger partial charge in [0.25, 0.3) is 10.0 Å². The summed E-state index contributed by atoms with van der Waals surface area (Å²) in [5.41, 5.74) is 11.2.